The molecule has 0 radical (unpaired) electrons. The molecule has 0 aliphatic heterocycles. The van der Waals surface area contributed by atoms with Crippen LogP contribution >= 0.6 is 15.9 Å². The lowest BCUT2D eigenvalue weighted by Gasteiger charge is -2.09. The van der Waals surface area contributed by atoms with Gasteiger partial charge in [0, 0.05) is 6.20 Å². The van der Waals surface area contributed by atoms with Crippen LogP contribution < -0.4 is 4.74 Å². The lowest BCUT2D eigenvalue weighted by atomic mass is 10.2. The number of halogens is 1. The molecule has 0 unspecified atom stereocenters. The summed E-state index contributed by atoms with van der Waals surface area (Å²) in [7, 11) is 1.29. The number of esters is 1. The minimum atomic E-state index is -0.543. The summed E-state index contributed by atoms with van der Waals surface area (Å²) in [5, 5.41) is 0. The predicted molar refractivity (Wildman–Crippen MR) is 72.3 cm³/mol. The molecular weight excluding hydrogens is 312 g/mol. The van der Waals surface area contributed by atoms with Crippen LogP contribution in [0.3, 0.4) is 0 Å². The van der Waals surface area contributed by atoms with Crippen LogP contribution in [0.4, 0.5) is 0 Å². The zero-order chi connectivity index (χ0) is 13.8. The Balaban J connectivity index is 2.35. The van der Waals surface area contributed by atoms with Crippen molar-refractivity contribution in [1.82, 2.24) is 9.97 Å². The molecule has 1 heterocycles. The fraction of sp³-hybridized carbons (Fsp3) is 0.154. The quantitative estimate of drug-likeness (QED) is 0.812. The normalized spacial score (nSPS) is 10.1. The molecular formula is C13H11BrN2O3. The molecule has 98 valence electrons. The summed E-state index contributed by atoms with van der Waals surface area (Å²) in [6, 6.07) is 5.61. The molecule has 2 aromatic rings. The molecule has 0 bridgehead atoms. The number of hydrogen-bond donors (Lipinski definition) is 0. The Morgan fingerprint density at radius 1 is 1.37 bits per heavy atom. The van der Waals surface area contributed by atoms with E-state index in [1.54, 1.807) is 6.07 Å². The molecule has 6 heteroatoms. The van der Waals surface area contributed by atoms with Gasteiger partial charge in [0.15, 0.2) is 0 Å². The van der Waals surface area contributed by atoms with E-state index in [0.29, 0.717) is 5.75 Å². The van der Waals surface area contributed by atoms with E-state index < -0.39 is 5.97 Å². The minimum Gasteiger partial charge on any atom is -0.465 e. The number of nitrogens with zero attached hydrogens (tertiary/aromatic N) is 2. The van der Waals surface area contributed by atoms with Gasteiger partial charge in [-0.15, -0.1) is 0 Å². The van der Waals surface area contributed by atoms with Crippen LogP contribution in [0.1, 0.15) is 15.9 Å². The van der Waals surface area contributed by atoms with Gasteiger partial charge >= 0.3 is 5.97 Å². The second kappa shape index (κ2) is 5.79. The monoisotopic (exact) mass is 322 g/mol. The van der Waals surface area contributed by atoms with Gasteiger partial charge in [0.05, 0.1) is 11.6 Å². The number of carbonyl (C=O) groups is 1. The fourth-order valence-electron chi connectivity index (χ4n) is 1.44. The molecule has 1 aromatic carbocycles. The van der Waals surface area contributed by atoms with Gasteiger partial charge in [-0.2, -0.15) is 0 Å². The third-order valence-corrected chi connectivity index (χ3v) is 2.99. The van der Waals surface area contributed by atoms with Gasteiger partial charge in [-0.3, -0.25) is 0 Å². The highest BCUT2D eigenvalue weighted by atomic mass is 79.9. The van der Waals surface area contributed by atoms with E-state index in [1.165, 1.54) is 19.6 Å². The Morgan fingerprint density at radius 2 is 2.16 bits per heavy atom. The largest absolute Gasteiger partial charge is 0.465 e. The topological polar surface area (TPSA) is 61.3 Å². The molecule has 0 aliphatic rings. The van der Waals surface area contributed by atoms with Crippen molar-refractivity contribution in [2.24, 2.45) is 0 Å². The first kappa shape index (κ1) is 13.5. The van der Waals surface area contributed by atoms with Crippen molar-refractivity contribution in [3.8, 4) is 11.6 Å². The standard InChI is InChI=1S/C13H11BrN2O3/c1-8-3-4-11(10(14)5-8)19-12-9(13(17)18-2)6-15-7-16-12/h3-7H,1-2H3. The Kier molecular flexibility index (Phi) is 4.11. The summed E-state index contributed by atoms with van der Waals surface area (Å²) in [4.78, 5) is 19.3. The molecule has 0 amide bonds. The van der Waals surface area contributed by atoms with E-state index in [0.717, 1.165) is 10.0 Å². The Hall–Kier alpha value is -1.95. The maximum atomic E-state index is 11.6. The van der Waals surface area contributed by atoms with Crippen molar-refractivity contribution in [2.75, 3.05) is 7.11 Å². The summed E-state index contributed by atoms with van der Waals surface area (Å²) in [5.41, 5.74) is 1.27. The zero-order valence-corrected chi connectivity index (χ0v) is 12.0. The molecule has 0 fully saturated rings. The maximum absolute atomic E-state index is 11.6. The van der Waals surface area contributed by atoms with E-state index >= 15 is 0 Å². The summed E-state index contributed by atoms with van der Waals surface area (Å²) in [5.74, 6) is 0.180. The first-order chi connectivity index (χ1) is 9.11. The SMILES string of the molecule is COC(=O)c1cncnc1Oc1ccc(C)cc1Br. The fourth-order valence-corrected chi connectivity index (χ4v) is 2.02. The van der Waals surface area contributed by atoms with Gasteiger partial charge in [-0.25, -0.2) is 14.8 Å². The van der Waals surface area contributed by atoms with Crippen LogP contribution in [0.2, 0.25) is 0 Å². The molecule has 5 nitrogen and oxygen atoms in total. The molecule has 2 rings (SSSR count). The van der Waals surface area contributed by atoms with E-state index in [9.17, 15) is 4.79 Å². The summed E-state index contributed by atoms with van der Waals surface area (Å²) in [6.45, 7) is 1.97. The van der Waals surface area contributed by atoms with Gasteiger partial charge in [0.25, 0.3) is 0 Å². The van der Waals surface area contributed by atoms with Crippen molar-refractivity contribution in [3.63, 3.8) is 0 Å². The van der Waals surface area contributed by atoms with Crippen LogP contribution in [-0.4, -0.2) is 23.0 Å². The molecule has 19 heavy (non-hydrogen) atoms. The smallest absolute Gasteiger partial charge is 0.345 e. The Morgan fingerprint density at radius 3 is 2.84 bits per heavy atom. The highest BCUT2D eigenvalue weighted by Gasteiger charge is 2.16. The summed E-state index contributed by atoms with van der Waals surface area (Å²) < 4.78 is 11.1. The van der Waals surface area contributed by atoms with Gasteiger partial charge in [-0.05, 0) is 40.5 Å². The first-order valence-corrected chi connectivity index (χ1v) is 6.23. The third kappa shape index (κ3) is 3.08. The maximum Gasteiger partial charge on any atom is 0.345 e. The number of rotatable bonds is 3. The van der Waals surface area contributed by atoms with Crippen LogP contribution in [0, 0.1) is 6.92 Å². The molecule has 0 spiro atoms. The van der Waals surface area contributed by atoms with Crippen molar-refractivity contribution >= 4 is 21.9 Å². The minimum absolute atomic E-state index is 0.159. The average Bonchev–Trinajstić information content (AvgIpc) is 2.41. The van der Waals surface area contributed by atoms with Crippen LogP contribution in [0.15, 0.2) is 35.2 Å². The van der Waals surface area contributed by atoms with Gasteiger partial charge in [0.1, 0.15) is 17.6 Å². The number of carbonyl (C=O) groups excluding carboxylic acids is 1. The highest BCUT2D eigenvalue weighted by Crippen LogP contribution is 2.30. The van der Waals surface area contributed by atoms with E-state index in [2.05, 4.69) is 30.6 Å². The first-order valence-electron chi connectivity index (χ1n) is 5.44. The van der Waals surface area contributed by atoms with Gasteiger partial charge in [-0.1, -0.05) is 6.07 Å². The number of hydrogen-bond acceptors (Lipinski definition) is 5. The van der Waals surface area contributed by atoms with Crippen molar-refractivity contribution in [2.45, 2.75) is 6.92 Å². The Bertz CT molecular complexity index is 617. The van der Waals surface area contributed by atoms with Crippen molar-refractivity contribution < 1.29 is 14.3 Å². The molecule has 0 N–H and O–H groups in total. The molecule has 0 aliphatic carbocycles. The van der Waals surface area contributed by atoms with Crippen molar-refractivity contribution in [3.05, 3.63) is 46.3 Å². The Labute approximate surface area is 118 Å². The number of aromatic nitrogens is 2. The molecule has 1 aromatic heterocycles. The lowest BCUT2D eigenvalue weighted by Crippen LogP contribution is -2.05. The van der Waals surface area contributed by atoms with E-state index in [-0.39, 0.29) is 11.4 Å². The van der Waals surface area contributed by atoms with Gasteiger partial charge < -0.3 is 9.47 Å². The third-order valence-electron chi connectivity index (χ3n) is 2.38. The van der Waals surface area contributed by atoms with Gasteiger partial charge in [0.2, 0.25) is 5.88 Å². The van der Waals surface area contributed by atoms with E-state index in [4.69, 9.17) is 4.74 Å². The summed E-state index contributed by atoms with van der Waals surface area (Å²) >= 11 is 3.40. The van der Waals surface area contributed by atoms with Crippen LogP contribution in [-0.2, 0) is 4.74 Å². The summed E-state index contributed by atoms with van der Waals surface area (Å²) in [6.07, 6.45) is 2.67. The highest BCUT2D eigenvalue weighted by molar-refractivity contribution is 9.10. The number of ether oxygens (including phenoxy) is 2. The lowest BCUT2D eigenvalue weighted by molar-refractivity contribution is 0.0596. The molecule has 0 saturated carbocycles. The second-order valence-electron chi connectivity index (χ2n) is 3.77. The van der Waals surface area contributed by atoms with Crippen molar-refractivity contribution in [1.29, 1.82) is 0 Å². The van der Waals surface area contributed by atoms with Crippen LogP contribution in [0.25, 0.3) is 0 Å². The average molecular weight is 323 g/mol. The van der Waals surface area contributed by atoms with E-state index in [1.807, 2.05) is 19.1 Å². The zero-order valence-electron chi connectivity index (χ0n) is 10.4. The number of benzene rings is 1. The molecule has 0 atom stereocenters. The number of methoxy groups -OCH3 is 1. The molecule has 0 saturated heterocycles. The second-order valence-corrected chi connectivity index (χ2v) is 4.62. The predicted octanol–water partition coefficient (Wildman–Crippen LogP) is 3.13. The number of aryl methyl sites for hydroxylation is 1. The van der Waals surface area contributed by atoms with Crippen LogP contribution in [0.5, 0.6) is 11.6 Å².